The maximum atomic E-state index is 2.36. The highest BCUT2D eigenvalue weighted by molar-refractivity contribution is 6.03. The minimum Gasteiger partial charge on any atom is -0.310 e. The van der Waals surface area contributed by atoms with Gasteiger partial charge in [-0.05, 0) is 77.5 Å². The summed E-state index contributed by atoms with van der Waals surface area (Å²) in [5.74, 6) is 0. The van der Waals surface area contributed by atoms with Gasteiger partial charge in [-0.25, -0.2) is 0 Å². The summed E-state index contributed by atoms with van der Waals surface area (Å²) in [4.78, 5) is 2.36. The minimum absolute atomic E-state index is 1.15. The molecular weight excluding hydrogens is 446 g/mol. The van der Waals surface area contributed by atoms with Crippen LogP contribution in [0.3, 0.4) is 0 Å². The fourth-order valence-corrected chi connectivity index (χ4v) is 4.96. The number of benzene rings is 6. The number of anilines is 3. The lowest BCUT2D eigenvalue weighted by molar-refractivity contribution is 1.28. The highest BCUT2D eigenvalue weighted by atomic mass is 15.1. The molecule has 6 rings (SSSR count). The average Bonchev–Trinajstić information content (AvgIpc) is 2.94. The van der Waals surface area contributed by atoms with Gasteiger partial charge in [-0.15, -0.1) is 0 Å². The summed E-state index contributed by atoms with van der Waals surface area (Å²) in [5.41, 5.74) is 8.40. The normalized spacial score (nSPS) is 11.4. The molecule has 0 unspecified atom stereocenters. The van der Waals surface area contributed by atoms with E-state index >= 15 is 0 Å². The monoisotopic (exact) mass is 475 g/mol. The van der Waals surface area contributed by atoms with Gasteiger partial charge in [0, 0.05) is 16.8 Å². The molecule has 0 spiro atoms. The Kier molecular flexibility index (Phi) is 6.04. The van der Waals surface area contributed by atoms with E-state index < -0.39 is 0 Å². The Balaban J connectivity index is 1.46. The van der Waals surface area contributed by atoms with Gasteiger partial charge < -0.3 is 4.90 Å². The summed E-state index contributed by atoms with van der Waals surface area (Å²) in [6.45, 7) is 4.26. The molecule has 0 amide bonds. The van der Waals surface area contributed by atoms with Crippen molar-refractivity contribution in [3.8, 4) is 0 Å². The van der Waals surface area contributed by atoms with Gasteiger partial charge >= 0.3 is 0 Å². The number of nitrogens with zero attached hydrogens (tertiary/aromatic N) is 1. The van der Waals surface area contributed by atoms with Crippen molar-refractivity contribution in [2.24, 2.45) is 0 Å². The molecule has 0 bridgehead atoms. The van der Waals surface area contributed by atoms with Crippen molar-refractivity contribution in [2.75, 3.05) is 4.90 Å². The first-order chi connectivity index (χ1) is 18.2. The third-order valence-corrected chi connectivity index (χ3v) is 6.99. The highest BCUT2D eigenvalue weighted by Crippen LogP contribution is 2.40. The molecule has 1 nitrogen and oxygen atoms in total. The Hall–Kier alpha value is -4.62. The largest absolute Gasteiger partial charge is 0.310 e. The number of aryl methyl sites for hydroxylation is 2. The van der Waals surface area contributed by atoms with Crippen LogP contribution in [0.1, 0.15) is 22.3 Å². The van der Waals surface area contributed by atoms with Crippen LogP contribution >= 0.6 is 0 Å². The molecule has 0 aliphatic heterocycles. The fraction of sp³-hybridized carbons (Fsp3) is 0.0556. The van der Waals surface area contributed by atoms with Crippen molar-refractivity contribution in [1.82, 2.24) is 0 Å². The highest BCUT2D eigenvalue weighted by Gasteiger charge is 2.16. The lowest BCUT2D eigenvalue weighted by Gasteiger charge is -2.27. The number of rotatable bonds is 5. The van der Waals surface area contributed by atoms with Crippen LogP contribution in [0.15, 0.2) is 127 Å². The zero-order valence-corrected chi connectivity index (χ0v) is 21.2. The van der Waals surface area contributed by atoms with Crippen molar-refractivity contribution < 1.29 is 0 Å². The van der Waals surface area contributed by atoms with E-state index in [1.54, 1.807) is 0 Å². The molecule has 0 radical (unpaired) electrons. The van der Waals surface area contributed by atoms with E-state index in [9.17, 15) is 0 Å². The first kappa shape index (κ1) is 22.8. The van der Waals surface area contributed by atoms with E-state index in [2.05, 4.69) is 158 Å². The van der Waals surface area contributed by atoms with Crippen molar-refractivity contribution in [2.45, 2.75) is 13.8 Å². The molecule has 0 N–H and O–H groups in total. The van der Waals surface area contributed by atoms with Gasteiger partial charge in [-0.3, -0.25) is 0 Å². The van der Waals surface area contributed by atoms with Crippen LogP contribution in [0.2, 0.25) is 0 Å². The first-order valence-corrected chi connectivity index (χ1v) is 12.8. The van der Waals surface area contributed by atoms with E-state index in [0.29, 0.717) is 0 Å². The van der Waals surface area contributed by atoms with Crippen LogP contribution in [-0.2, 0) is 0 Å². The second-order valence-electron chi connectivity index (χ2n) is 9.67. The van der Waals surface area contributed by atoms with Crippen molar-refractivity contribution >= 4 is 50.8 Å². The van der Waals surface area contributed by atoms with Crippen LogP contribution < -0.4 is 4.90 Å². The molecule has 6 aromatic carbocycles. The van der Waals surface area contributed by atoms with Crippen molar-refractivity contribution in [3.05, 3.63) is 150 Å². The molecule has 1 heteroatoms. The van der Waals surface area contributed by atoms with Gasteiger partial charge in [-0.2, -0.15) is 0 Å². The molecule has 0 atom stereocenters. The number of hydrogen-bond acceptors (Lipinski definition) is 1. The first-order valence-electron chi connectivity index (χ1n) is 12.8. The summed E-state index contributed by atoms with van der Waals surface area (Å²) in [6.07, 6.45) is 4.45. The standard InChI is InChI=1S/C36H29N/c1-26-11-20-32(21-12-26)37(33-22-13-27(2)14-23-33)36-24-19-30(34-9-5-6-10-35(34)36)18-16-28-15-17-29-7-3-4-8-31(29)25-28/h3-25H,1-2H3/b18-16+. The Morgan fingerprint density at radius 3 is 1.76 bits per heavy atom. The van der Waals surface area contributed by atoms with Gasteiger partial charge in [-0.1, -0.05) is 114 Å². The Bertz CT molecular complexity index is 1680. The van der Waals surface area contributed by atoms with E-state index in [-0.39, 0.29) is 0 Å². The fourth-order valence-electron chi connectivity index (χ4n) is 4.96. The summed E-state index contributed by atoms with van der Waals surface area (Å²) in [5, 5.41) is 4.99. The van der Waals surface area contributed by atoms with Crippen LogP contribution in [0.5, 0.6) is 0 Å². The molecule has 178 valence electrons. The van der Waals surface area contributed by atoms with Crippen LogP contribution in [0.25, 0.3) is 33.7 Å². The summed E-state index contributed by atoms with van der Waals surface area (Å²) >= 11 is 0. The molecule has 0 heterocycles. The second kappa shape index (κ2) is 9.79. The molecule has 0 saturated carbocycles. The lowest BCUT2D eigenvalue weighted by Crippen LogP contribution is -2.10. The summed E-state index contributed by atoms with van der Waals surface area (Å²) < 4.78 is 0. The molecule has 6 aromatic rings. The van der Waals surface area contributed by atoms with E-state index in [4.69, 9.17) is 0 Å². The van der Waals surface area contributed by atoms with Gasteiger partial charge in [0.1, 0.15) is 0 Å². The van der Waals surface area contributed by atoms with E-state index in [1.165, 1.54) is 49.5 Å². The van der Waals surface area contributed by atoms with Gasteiger partial charge in [0.05, 0.1) is 5.69 Å². The molecular formula is C36H29N. The molecule has 0 aliphatic carbocycles. The van der Waals surface area contributed by atoms with Gasteiger partial charge in [0.15, 0.2) is 0 Å². The van der Waals surface area contributed by atoms with E-state index in [0.717, 1.165) is 11.4 Å². The number of fused-ring (bicyclic) bond motifs is 2. The molecule has 0 aliphatic rings. The molecule has 37 heavy (non-hydrogen) atoms. The quantitative estimate of drug-likeness (QED) is 0.224. The van der Waals surface area contributed by atoms with Crippen LogP contribution in [-0.4, -0.2) is 0 Å². The average molecular weight is 476 g/mol. The van der Waals surface area contributed by atoms with Gasteiger partial charge in [0.25, 0.3) is 0 Å². The van der Waals surface area contributed by atoms with Gasteiger partial charge in [0.2, 0.25) is 0 Å². The predicted molar refractivity (Wildman–Crippen MR) is 161 cm³/mol. The smallest absolute Gasteiger partial charge is 0.0540 e. The topological polar surface area (TPSA) is 3.24 Å². The Labute approximate surface area is 218 Å². The minimum atomic E-state index is 1.15. The van der Waals surface area contributed by atoms with Crippen molar-refractivity contribution in [1.29, 1.82) is 0 Å². The molecule has 0 saturated heterocycles. The zero-order valence-electron chi connectivity index (χ0n) is 21.2. The maximum Gasteiger partial charge on any atom is 0.0540 e. The Morgan fingerprint density at radius 1 is 0.486 bits per heavy atom. The second-order valence-corrected chi connectivity index (χ2v) is 9.67. The summed E-state index contributed by atoms with van der Waals surface area (Å²) in [7, 11) is 0. The third-order valence-electron chi connectivity index (χ3n) is 6.99. The zero-order chi connectivity index (χ0) is 25.2. The SMILES string of the molecule is Cc1ccc(N(c2ccc(C)cc2)c2ccc(/C=C/c3ccc4ccccc4c3)c3ccccc23)cc1. The third kappa shape index (κ3) is 4.64. The predicted octanol–water partition coefficient (Wildman–Crippen LogP) is 10.3. The Morgan fingerprint density at radius 2 is 1.08 bits per heavy atom. The van der Waals surface area contributed by atoms with Crippen LogP contribution in [0, 0.1) is 13.8 Å². The van der Waals surface area contributed by atoms with E-state index in [1.807, 2.05) is 0 Å². The molecule has 0 fully saturated rings. The number of hydrogen-bond donors (Lipinski definition) is 0. The van der Waals surface area contributed by atoms with Crippen molar-refractivity contribution in [3.63, 3.8) is 0 Å². The molecule has 0 aromatic heterocycles. The lowest BCUT2D eigenvalue weighted by atomic mass is 9.99. The maximum absolute atomic E-state index is 2.36. The summed E-state index contributed by atoms with van der Waals surface area (Å²) in [6, 6.07) is 45.9. The van der Waals surface area contributed by atoms with Crippen LogP contribution in [0.4, 0.5) is 17.1 Å².